The van der Waals surface area contributed by atoms with Gasteiger partial charge in [0.05, 0.1) is 6.61 Å². The topological polar surface area (TPSA) is 87.7 Å². The van der Waals surface area contributed by atoms with E-state index in [1.807, 2.05) is 32.0 Å². The summed E-state index contributed by atoms with van der Waals surface area (Å²) in [7, 11) is 0. The molecular formula is C21H24N2O4. The van der Waals surface area contributed by atoms with Crippen molar-refractivity contribution in [1.82, 2.24) is 10.6 Å². The van der Waals surface area contributed by atoms with Gasteiger partial charge < -0.3 is 20.5 Å². The van der Waals surface area contributed by atoms with Crippen molar-refractivity contribution < 1.29 is 19.4 Å². The highest BCUT2D eigenvalue weighted by Crippen LogP contribution is 2.28. The standard InChI is InChI=1S/C21H24N2O4/c1-13-4-3-5-14(2)17(13)8-10-22-21(26)23-19(20(24)25)16-6-7-18-15(12-16)9-11-27-18/h3-7,12,19H,8-11H2,1-2H3,(H,24,25)(H2,22,23,26). The number of hydrogen-bond donors (Lipinski definition) is 3. The van der Waals surface area contributed by atoms with Crippen LogP contribution in [-0.4, -0.2) is 30.3 Å². The van der Waals surface area contributed by atoms with Gasteiger partial charge in [-0.2, -0.15) is 0 Å². The summed E-state index contributed by atoms with van der Waals surface area (Å²) < 4.78 is 5.44. The van der Waals surface area contributed by atoms with E-state index in [0.717, 1.165) is 17.7 Å². The molecule has 0 bridgehead atoms. The molecule has 0 fully saturated rings. The predicted octanol–water partition coefficient (Wildman–Crippen LogP) is 2.91. The Morgan fingerprint density at radius 3 is 2.63 bits per heavy atom. The van der Waals surface area contributed by atoms with E-state index in [4.69, 9.17) is 4.74 Å². The number of hydrogen-bond acceptors (Lipinski definition) is 3. The van der Waals surface area contributed by atoms with Crippen molar-refractivity contribution in [3.8, 4) is 5.75 Å². The molecule has 6 nitrogen and oxygen atoms in total. The minimum Gasteiger partial charge on any atom is -0.493 e. The molecule has 3 N–H and O–H groups in total. The third-order valence-electron chi connectivity index (χ3n) is 4.87. The van der Waals surface area contributed by atoms with Crippen LogP contribution < -0.4 is 15.4 Å². The van der Waals surface area contributed by atoms with Crippen LogP contribution in [0.25, 0.3) is 0 Å². The van der Waals surface area contributed by atoms with Crippen LogP contribution in [0, 0.1) is 13.8 Å². The lowest BCUT2D eigenvalue weighted by Crippen LogP contribution is -2.41. The van der Waals surface area contributed by atoms with Gasteiger partial charge in [-0.25, -0.2) is 9.59 Å². The van der Waals surface area contributed by atoms with Crippen LogP contribution in [0.2, 0.25) is 0 Å². The van der Waals surface area contributed by atoms with Crippen molar-refractivity contribution in [3.63, 3.8) is 0 Å². The second-order valence-electron chi connectivity index (χ2n) is 6.76. The highest BCUT2D eigenvalue weighted by molar-refractivity contribution is 5.83. The van der Waals surface area contributed by atoms with Gasteiger partial charge in [0.1, 0.15) is 5.75 Å². The number of carboxylic acids is 1. The molecule has 2 aromatic carbocycles. The fourth-order valence-electron chi connectivity index (χ4n) is 3.40. The van der Waals surface area contributed by atoms with Crippen LogP contribution in [0.3, 0.4) is 0 Å². The maximum absolute atomic E-state index is 12.2. The Bertz CT molecular complexity index is 843. The monoisotopic (exact) mass is 368 g/mol. The third-order valence-corrected chi connectivity index (χ3v) is 4.87. The van der Waals surface area contributed by atoms with Gasteiger partial charge in [0.25, 0.3) is 0 Å². The Morgan fingerprint density at radius 2 is 1.93 bits per heavy atom. The van der Waals surface area contributed by atoms with Crippen LogP contribution in [0.15, 0.2) is 36.4 Å². The Labute approximate surface area is 158 Å². The number of ether oxygens (including phenoxy) is 1. The van der Waals surface area contributed by atoms with Crippen molar-refractivity contribution in [2.24, 2.45) is 0 Å². The number of aryl methyl sites for hydroxylation is 2. The normalized spacial score (nSPS) is 13.4. The highest BCUT2D eigenvalue weighted by atomic mass is 16.5. The number of fused-ring (bicyclic) bond motifs is 1. The predicted molar refractivity (Wildman–Crippen MR) is 102 cm³/mol. The van der Waals surface area contributed by atoms with Crippen molar-refractivity contribution >= 4 is 12.0 Å². The summed E-state index contributed by atoms with van der Waals surface area (Å²) in [5.74, 6) is -0.320. The molecule has 1 aliphatic heterocycles. The Morgan fingerprint density at radius 1 is 1.19 bits per heavy atom. The van der Waals surface area contributed by atoms with E-state index in [2.05, 4.69) is 10.6 Å². The molecule has 0 aromatic heterocycles. The van der Waals surface area contributed by atoms with E-state index < -0.39 is 18.0 Å². The number of amides is 2. The molecular weight excluding hydrogens is 344 g/mol. The lowest BCUT2D eigenvalue weighted by molar-refractivity contribution is -0.139. The fraction of sp³-hybridized carbons (Fsp3) is 0.333. The van der Waals surface area contributed by atoms with Crippen molar-refractivity contribution in [2.45, 2.75) is 32.7 Å². The first kappa shape index (κ1) is 18.8. The van der Waals surface area contributed by atoms with E-state index in [0.29, 0.717) is 25.1 Å². The molecule has 27 heavy (non-hydrogen) atoms. The average Bonchev–Trinajstić information content (AvgIpc) is 3.09. The maximum Gasteiger partial charge on any atom is 0.330 e. The summed E-state index contributed by atoms with van der Waals surface area (Å²) in [5, 5.41) is 14.8. The number of rotatable bonds is 6. The second kappa shape index (κ2) is 8.12. The number of carboxylic acid groups (broad SMARTS) is 1. The molecule has 1 aliphatic rings. The van der Waals surface area contributed by atoms with E-state index in [1.165, 1.54) is 16.7 Å². The van der Waals surface area contributed by atoms with Gasteiger partial charge in [0, 0.05) is 13.0 Å². The molecule has 0 radical (unpaired) electrons. The largest absolute Gasteiger partial charge is 0.493 e. The molecule has 0 aliphatic carbocycles. The Balaban J connectivity index is 1.60. The highest BCUT2D eigenvalue weighted by Gasteiger charge is 2.24. The zero-order valence-electron chi connectivity index (χ0n) is 15.5. The number of carbonyl (C=O) groups excluding carboxylic acids is 1. The SMILES string of the molecule is Cc1cccc(C)c1CCNC(=O)NC(C(=O)O)c1ccc2c(c1)CCO2. The number of aliphatic carboxylic acids is 1. The molecule has 3 rings (SSSR count). The lowest BCUT2D eigenvalue weighted by Gasteiger charge is -2.17. The molecule has 1 unspecified atom stereocenters. The molecule has 0 saturated heterocycles. The van der Waals surface area contributed by atoms with Crippen molar-refractivity contribution in [1.29, 1.82) is 0 Å². The molecule has 0 saturated carbocycles. The lowest BCUT2D eigenvalue weighted by atomic mass is 10.0. The molecule has 1 atom stereocenters. The summed E-state index contributed by atoms with van der Waals surface area (Å²) in [6.07, 6.45) is 1.44. The maximum atomic E-state index is 12.2. The van der Waals surface area contributed by atoms with Crippen molar-refractivity contribution in [2.75, 3.05) is 13.2 Å². The summed E-state index contributed by atoms with van der Waals surface area (Å²) in [5.41, 5.74) is 5.07. The molecule has 0 spiro atoms. The summed E-state index contributed by atoms with van der Waals surface area (Å²) >= 11 is 0. The van der Waals surface area contributed by atoms with Gasteiger partial charge >= 0.3 is 12.0 Å². The van der Waals surface area contributed by atoms with Gasteiger partial charge in [-0.3, -0.25) is 0 Å². The number of nitrogens with one attached hydrogen (secondary N) is 2. The van der Waals surface area contributed by atoms with Gasteiger partial charge in [0.15, 0.2) is 6.04 Å². The van der Waals surface area contributed by atoms with Gasteiger partial charge in [-0.1, -0.05) is 24.3 Å². The van der Waals surface area contributed by atoms with Gasteiger partial charge in [-0.15, -0.1) is 0 Å². The smallest absolute Gasteiger partial charge is 0.330 e. The van der Waals surface area contributed by atoms with E-state index in [9.17, 15) is 14.7 Å². The number of urea groups is 1. The zero-order chi connectivity index (χ0) is 19.4. The third kappa shape index (κ3) is 4.39. The first-order valence-electron chi connectivity index (χ1n) is 9.03. The summed E-state index contributed by atoms with van der Waals surface area (Å²) in [6, 6.07) is 9.72. The van der Waals surface area contributed by atoms with Crippen LogP contribution >= 0.6 is 0 Å². The van der Waals surface area contributed by atoms with Crippen LogP contribution in [0.5, 0.6) is 5.75 Å². The molecule has 2 amide bonds. The van der Waals surface area contributed by atoms with Gasteiger partial charge in [0.2, 0.25) is 0 Å². The first-order valence-corrected chi connectivity index (χ1v) is 9.03. The average molecular weight is 368 g/mol. The van der Waals surface area contributed by atoms with E-state index in [-0.39, 0.29) is 0 Å². The number of carbonyl (C=O) groups is 2. The second-order valence-corrected chi connectivity index (χ2v) is 6.76. The van der Waals surface area contributed by atoms with E-state index >= 15 is 0 Å². The molecule has 6 heteroatoms. The van der Waals surface area contributed by atoms with Crippen LogP contribution in [-0.2, 0) is 17.6 Å². The first-order chi connectivity index (χ1) is 13.0. The van der Waals surface area contributed by atoms with Gasteiger partial charge in [-0.05, 0) is 60.2 Å². The summed E-state index contributed by atoms with van der Waals surface area (Å²) in [6.45, 7) is 5.12. The Hall–Kier alpha value is -3.02. The summed E-state index contributed by atoms with van der Waals surface area (Å²) in [4.78, 5) is 23.9. The molecule has 2 aromatic rings. The Kier molecular flexibility index (Phi) is 5.64. The minimum absolute atomic E-state index is 0.432. The molecule has 1 heterocycles. The van der Waals surface area contributed by atoms with Crippen LogP contribution in [0.1, 0.15) is 33.9 Å². The van der Waals surface area contributed by atoms with Crippen LogP contribution in [0.4, 0.5) is 4.79 Å². The van der Waals surface area contributed by atoms with Crippen molar-refractivity contribution in [3.05, 3.63) is 64.2 Å². The number of benzene rings is 2. The molecule has 142 valence electrons. The van der Waals surface area contributed by atoms with E-state index in [1.54, 1.807) is 18.2 Å². The fourth-order valence-corrected chi connectivity index (χ4v) is 3.40. The zero-order valence-corrected chi connectivity index (χ0v) is 15.5. The minimum atomic E-state index is -1.10. The quantitative estimate of drug-likeness (QED) is 0.732.